The zero-order valence-electron chi connectivity index (χ0n) is 10.1. The van der Waals surface area contributed by atoms with E-state index >= 15 is 0 Å². The molecule has 0 saturated carbocycles. The third kappa shape index (κ3) is 2.36. The first-order valence-corrected chi connectivity index (χ1v) is 5.94. The molecular formula is C15H18N2. The predicted molar refractivity (Wildman–Crippen MR) is 75.0 cm³/mol. The zero-order chi connectivity index (χ0) is 12.1. The van der Waals surface area contributed by atoms with Gasteiger partial charge in [0.05, 0.1) is 11.0 Å². The average molecular weight is 226 g/mol. The molecule has 0 aliphatic carbocycles. The number of nitrogens with zero attached hydrogens (tertiary/aromatic N) is 1. The second-order valence-corrected chi connectivity index (χ2v) is 3.47. The number of hydrogen-bond acceptors (Lipinski definition) is 1. The molecule has 0 saturated heterocycles. The van der Waals surface area contributed by atoms with Gasteiger partial charge in [-0.1, -0.05) is 56.3 Å². The lowest BCUT2D eigenvalue weighted by Crippen LogP contribution is -1.77. The Bertz CT molecular complexity index is 555. The molecule has 17 heavy (non-hydrogen) atoms. The molecule has 0 radical (unpaired) electrons. The van der Waals surface area contributed by atoms with Gasteiger partial charge in [0.2, 0.25) is 0 Å². The summed E-state index contributed by atoms with van der Waals surface area (Å²) in [4.78, 5) is 7.83. The van der Waals surface area contributed by atoms with E-state index in [0.717, 1.165) is 22.4 Å². The van der Waals surface area contributed by atoms with E-state index in [1.807, 2.05) is 56.3 Å². The van der Waals surface area contributed by atoms with Crippen LogP contribution in [-0.2, 0) is 0 Å². The minimum absolute atomic E-state index is 0. The third-order valence-electron chi connectivity index (χ3n) is 2.44. The Morgan fingerprint density at radius 2 is 1.53 bits per heavy atom. The molecule has 1 heterocycles. The van der Waals surface area contributed by atoms with Gasteiger partial charge >= 0.3 is 0 Å². The van der Waals surface area contributed by atoms with E-state index in [1.165, 1.54) is 0 Å². The Hall–Kier alpha value is -2.09. The molecule has 0 atom stereocenters. The molecule has 0 amide bonds. The van der Waals surface area contributed by atoms with Gasteiger partial charge in [0.1, 0.15) is 5.82 Å². The molecule has 3 rings (SSSR count). The number of aromatic amines is 1. The summed E-state index contributed by atoms with van der Waals surface area (Å²) in [5.74, 6) is 0.928. The summed E-state index contributed by atoms with van der Waals surface area (Å²) in [5, 5.41) is 0. The second-order valence-electron chi connectivity index (χ2n) is 3.47. The minimum Gasteiger partial charge on any atom is -0.338 e. The molecule has 0 spiro atoms. The number of H-pyrrole nitrogens is 1. The van der Waals surface area contributed by atoms with Gasteiger partial charge in [0.15, 0.2) is 0 Å². The van der Waals surface area contributed by atoms with E-state index in [1.54, 1.807) is 0 Å². The lowest BCUT2D eigenvalue weighted by Gasteiger charge is -1.93. The van der Waals surface area contributed by atoms with Crippen molar-refractivity contribution in [3.05, 3.63) is 54.6 Å². The van der Waals surface area contributed by atoms with E-state index < -0.39 is 0 Å². The summed E-state index contributed by atoms with van der Waals surface area (Å²) in [5.41, 5.74) is 3.21. The van der Waals surface area contributed by atoms with Gasteiger partial charge in [0.25, 0.3) is 0 Å². The maximum Gasteiger partial charge on any atom is 0.138 e. The first-order chi connectivity index (χ1) is 8.43. The molecule has 0 unspecified atom stereocenters. The second kappa shape index (κ2) is 5.30. The summed E-state index contributed by atoms with van der Waals surface area (Å²) >= 11 is 0. The molecule has 88 valence electrons. The number of imidazole rings is 1. The third-order valence-corrected chi connectivity index (χ3v) is 2.44. The fourth-order valence-electron chi connectivity index (χ4n) is 1.69. The van der Waals surface area contributed by atoms with Gasteiger partial charge in [-0.05, 0) is 12.1 Å². The van der Waals surface area contributed by atoms with Crippen molar-refractivity contribution in [1.29, 1.82) is 0 Å². The van der Waals surface area contributed by atoms with Gasteiger partial charge in [0, 0.05) is 6.99 Å². The highest BCUT2D eigenvalue weighted by atomic mass is 14.9. The average Bonchev–Trinajstić information content (AvgIpc) is 2.86. The fourth-order valence-corrected chi connectivity index (χ4v) is 1.69. The van der Waals surface area contributed by atoms with Crippen LogP contribution in [0, 0.1) is 0 Å². The first-order valence-electron chi connectivity index (χ1n) is 5.94. The molecule has 2 aromatic carbocycles. The normalized spacial score (nSPS) is 9.76. The van der Waals surface area contributed by atoms with Crippen LogP contribution in [0.1, 0.15) is 15.3 Å². The molecule has 3 aromatic rings. The summed E-state index contributed by atoms with van der Waals surface area (Å²) in [6, 6.07) is 18.2. The van der Waals surface area contributed by atoms with Crippen LogP contribution >= 0.6 is 0 Å². The number of rotatable bonds is 1. The highest BCUT2D eigenvalue weighted by Gasteiger charge is 2.02. The van der Waals surface area contributed by atoms with Crippen molar-refractivity contribution >= 4 is 11.0 Å². The molecule has 2 nitrogen and oxygen atoms in total. The van der Waals surface area contributed by atoms with Crippen LogP contribution in [0.25, 0.3) is 22.4 Å². The number of fused-ring (bicyclic) bond motifs is 1. The molecule has 2 heteroatoms. The van der Waals surface area contributed by atoms with Crippen LogP contribution in [0.5, 0.6) is 0 Å². The molecule has 0 fully saturated rings. The van der Waals surface area contributed by atoms with Crippen molar-refractivity contribution in [3.63, 3.8) is 0 Å². The topological polar surface area (TPSA) is 28.7 Å². The van der Waals surface area contributed by atoms with Crippen molar-refractivity contribution in [3.8, 4) is 11.4 Å². The summed E-state index contributed by atoms with van der Waals surface area (Å²) in [7, 11) is 0. The number of hydrogen-bond donors (Lipinski definition) is 1. The zero-order valence-corrected chi connectivity index (χ0v) is 10.1. The van der Waals surface area contributed by atoms with Crippen LogP contribution in [0.2, 0.25) is 0 Å². The van der Waals surface area contributed by atoms with E-state index in [2.05, 4.69) is 22.1 Å². The largest absolute Gasteiger partial charge is 0.338 e. The maximum atomic E-state index is 4.53. The fraction of sp³-hybridized carbons (Fsp3) is 0.133. The molecular weight excluding hydrogens is 208 g/mol. The Balaban J connectivity index is 0.000000516. The smallest absolute Gasteiger partial charge is 0.138 e. The van der Waals surface area contributed by atoms with Crippen LogP contribution in [0.4, 0.5) is 0 Å². The monoisotopic (exact) mass is 226 g/mol. The van der Waals surface area contributed by atoms with Crippen LogP contribution in [-0.4, -0.2) is 9.97 Å². The van der Waals surface area contributed by atoms with Gasteiger partial charge in [-0.2, -0.15) is 0 Å². The minimum atomic E-state index is 0. The molecule has 0 aliphatic heterocycles. The van der Waals surface area contributed by atoms with Crippen molar-refractivity contribution in [2.24, 2.45) is 0 Å². The van der Waals surface area contributed by atoms with Crippen molar-refractivity contribution in [2.75, 3.05) is 0 Å². The van der Waals surface area contributed by atoms with Crippen LogP contribution < -0.4 is 0 Å². The number of para-hydroxylation sites is 2. The lowest BCUT2D eigenvalue weighted by atomic mass is 10.2. The summed E-state index contributed by atoms with van der Waals surface area (Å²) in [6.07, 6.45) is 0. The Morgan fingerprint density at radius 1 is 0.882 bits per heavy atom. The lowest BCUT2D eigenvalue weighted by molar-refractivity contribution is 1.34. The van der Waals surface area contributed by atoms with E-state index in [9.17, 15) is 0 Å². The molecule has 1 N–H and O–H groups in total. The number of nitrogens with one attached hydrogen (secondary N) is 1. The summed E-state index contributed by atoms with van der Waals surface area (Å²) < 4.78 is 0. The van der Waals surface area contributed by atoms with E-state index in [0.29, 0.717) is 0 Å². The van der Waals surface area contributed by atoms with Gasteiger partial charge in [-0.3, -0.25) is 0 Å². The Morgan fingerprint density at radius 3 is 2.24 bits per heavy atom. The van der Waals surface area contributed by atoms with Crippen molar-refractivity contribution < 1.29 is 1.43 Å². The standard InChI is InChI=1S/C13H10N2.C2H6.H2/c1-2-6-10(7-3-1)13-14-11-8-4-5-9-12(11)15-13;1-2;/h1-9H,(H,14,15);1-2H3;1H. The van der Waals surface area contributed by atoms with Crippen LogP contribution in [0.3, 0.4) is 0 Å². The molecule has 0 bridgehead atoms. The summed E-state index contributed by atoms with van der Waals surface area (Å²) in [6.45, 7) is 4.00. The van der Waals surface area contributed by atoms with Gasteiger partial charge < -0.3 is 4.98 Å². The highest BCUT2D eigenvalue weighted by molar-refractivity contribution is 5.79. The molecule has 1 aromatic heterocycles. The molecule has 0 aliphatic rings. The number of benzene rings is 2. The SMILES string of the molecule is CC.[HH].c1ccc(-c2nc3ccccc3[nH]2)cc1. The van der Waals surface area contributed by atoms with Crippen LogP contribution in [0.15, 0.2) is 54.6 Å². The maximum absolute atomic E-state index is 4.53. The van der Waals surface area contributed by atoms with Crippen molar-refractivity contribution in [2.45, 2.75) is 13.8 Å². The Kier molecular flexibility index (Phi) is 3.55. The van der Waals surface area contributed by atoms with E-state index in [4.69, 9.17) is 0 Å². The van der Waals surface area contributed by atoms with Gasteiger partial charge in [-0.15, -0.1) is 0 Å². The van der Waals surface area contributed by atoms with Gasteiger partial charge in [-0.25, -0.2) is 4.98 Å². The number of aromatic nitrogens is 2. The van der Waals surface area contributed by atoms with Crippen molar-refractivity contribution in [1.82, 2.24) is 9.97 Å². The predicted octanol–water partition coefficient (Wildman–Crippen LogP) is 4.50. The Labute approximate surface area is 103 Å². The quantitative estimate of drug-likeness (QED) is 0.650. The first kappa shape index (κ1) is 11.4. The van der Waals surface area contributed by atoms with E-state index in [-0.39, 0.29) is 1.43 Å². The highest BCUT2D eigenvalue weighted by Crippen LogP contribution is 2.19.